The van der Waals surface area contributed by atoms with Gasteiger partial charge in [0, 0.05) is 5.88 Å². The number of halogens is 1. The third kappa shape index (κ3) is 2.17. The summed E-state index contributed by atoms with van der Waals surface area (Å²) in [4.78, 5) is 10.4. The topological polar surface area (TPSA) is 26.3 Å². The highest BCUT2D eigenvalue weighted by atomic mass is 35.5. The molecule has 0 heterocycles. The van der Waals surface area contributed by atoms with E-state index in [4.69, 9.17) is 11.6 Å². The van der Waals surface area contributed by atoms with Gasteiger partial charge in [-0.15, -0.1) is 11.6 Å². The van der Waals surface area contributed by atoms with Crippen LogP contribution in [0, 0.1) is 5.92 Å². The lowest BCUT2D eigenvalue weighted by Gasteiger charge is -2.01. The second kappa shape index (κ2) is 3.72. The zero-order chi connectivity index (χ0) is 6.57. The van der Waals surface area contributed by atoms with Crippen molar-refractivity contribution < 1.29 is 9.53 Å². The maximum absolute atomic E-state index is 10.4. The van der Waals surface area contributed by atoms with Crippen molar-refractivity contribution in [1.29, 1.82) is 0 Å². The number of hydrogen-bond donors (Lipinski definition) is 0. The Balaban J connectivity index is 3.46. The van der Waals surface area contributed by atoms with E-state index in [1.54, 1.807) is 6.92 Å². The van der Waals surface area contributed by atoms with Gasteiger partial charge in [-0.05, 0) is 0 Å². The van der Waals surface area contributed by atoms with Crippen molar-refractivity contribution in [1.82, 2.24) is 0 Å². The molecule has 0 saturated heterocycles. The van der Waals surface area contributed by atoms with E-state index in [0.29, 0.717) is 5.88 Å². The summed E-state index contributed by atoms with van der Waals surface area (Å²) < 4.78 is 4.38. The Morgan fingerprint density at radius 3 is 2.50 bits per heavy atom. The summed E-state index contributed by atoms with van der Waals surface area (Å²) in [5.74, 6) is -0.103. The molecule has 1 atom stereocenters. The highest BCUT2D eigenvalue weighted by molar-refractivity contribution is 6.19. The molecule has 0 spiro atoms. The first-order valence-electron chi connectivity index (χ1n) is 2.36. The van der Waals surface area contributed by atoms with Crippen LogP contribution < -0.4 is 0 Å². The minimum Gasteiger partial charge on any atom is -0.469 e. The molecule has 0 bridgehead atoms. The van der Waals surface area contributed by atoms with Gasteiger partial charge in [-0.25, -0.2) is 0 Å². The van der Waals surface area contributed by atoms with Gasteiger partial charge >= 0.3 is 5.97 Å². The molecule has 3 heteroatoms. The molecule has 0 aromatic carbocycles. The molecule has 0 aliphatic heterocycles. The molecule has 48 valence electrons. The molecule has 0 fully saturated rings. The predicted octanol–water partition coefficient (Wildman–Crippen LogP) is 1.03. The zero-order valence-electron chi connectivity index (χ0n) is 4.98. The van der Waals surface area contributed by atoms with Crippen LogP contribution in [0.4, 0.5) is 0 Å². The second-order valence-corrected chi connectivity index (χ2v) is 1.89. The van der Waals surface area contributed by atoms with Crippen molar-refractivity contribution in [3.8, 4) is 0 Å². The Hall–Kier alpha value is -0.240. The summed E-state index contributed by atoms with van der Waals surface area (Å²) in [6.07, 6.45) is 0. The van der Waals surface area contributed by atoms with Gasteiger partial charge in [-0.3, -0.25) is 4.79 Å². The monoisotopic (exact) mass is 136 g/mol. The van der Waals surface area contributed by atoms with E-state index in [9.17, 15) is 4.79 Å². The van der Waals surface area contributed by atoms with Gasteiger partial charge in [0.1, 0.15) is 0 Å². The second-order valence-electron chi connectivity index (χ2n) is 1.58. The largest absolute Gasteiger partial charge is 0.469 e. The zero-order valence-corrected chi connectivity index (χ0v) is 5.73. The van der Waals surface area contributed by atoms with Crippen LogP contribution in [0.15, 0.2) is 0 Å². The van der Waals surface area contributed by atoms with E-state index in [0.717, 1.165) is 0 Å². The maximum Gasteiger partial charge on any atom is 0.309 e. The maximum atomic E-state index is 10.4. The van der Waals surface area contributed by atoms with E-state index in [-0.39, 0.29) is 11.9 Å². The lowest BCUT2D eigenvalue weighted by molar-refractivity contribution is -0.144. The summed E-state index contributed by atoms with van der Waals surface area (Å²) in [6.45, 7) is 1.72. The van der Waals surface area contributed by atoms with Crippen LogP contribution >= 0.6 is 11.6 Å². The first kappa shape index (κ1) is 7.76. The molecule has 0 unspecified atom stereocenters. The van der Waals surface area contributed by atoms with Crippen LogP contribution in [-0.4, -0.2) is 19.0 Å². The first-order valence-corrected chi connectivity index (χ1v) is 2.89. The first-order chi connectivity index (χ1) is 3.72. The highest BCUT2D eigenvalue weighted by Crippen LogP contribution is 1.98. The molecule has 0 aromatic rings. The average Bonchev–Trinajstić information content (AvgIpc) is 1.84. The van der Waals surface area contributed by atoms with Crippen LogP contribution in [0.3, 0.4) is 0 Å². The molecular weight excluding hydrogens is 128 g/mol. The Morgan fingerprint density at radius 1 is 1.88 bits per heavy atom. The lowest BCUT2D eigenvalue weighted by atomic mass is 10.2. The molecule has 0 aliphatic carbocycles. The summed E-state index contributed by atoms with van der Waals surface area (Å²) >= 11 is 5.32. The molecule has 0 N–H and O–H groups in total. The van der Waals surface area contributed by atoms with Crippen LogP contribution in [0.25, 0.3) is 0 Å². The Kier molecular flexibility index (Phi) is 3.61. The number of ether oxygens (including phenoxy) is 1. The van der Waals surface area contributed by atoms with Gasteiger partial charge in [0.25, 0.3) is 0 Å². The van der Waals surface area contributed by atoms with Crippen LogP contribution in [-0.2, 0) is 9.53 Å². The number of rotatable bonds is 2. The molecule has 0 radical (unpaired) electrons. The molecular formula is C5H9ClO2. The molecule has 0 saturated carbocycles. The van der Waals surface area contributed by atoms with Crippen LogP contribution in [0.1, 0.15) is 6.92 Å². The number of methoxy groups -OCH3 is 1. The van der Waals surface area contributed by atoms with Crippen molar-refractivity contribution in [3.05, 3.63) is 0 Å². The smallest absolute Gasteiger partial charge is 0.309 e. The minimum absolute atomic E-state index is 0.179. The molecule has 2 nitrogen and oxygen atoms in total. The highest BCUT2D eigenvalue weighted by Gasteiger charge is 2.09. The van der Waals surface area contributed by atoms with E-state index in [2.05, 4.69) is 4.74 Å². The fourth-order valence-corrected chi connectivity index (χ4v) is 0.390. The SMILES string of the molecule is COC(=O)[C@H](C)CCl. The van der Waals surface area contributed by atoms with E-state index >= 15 is 0 Å². The molecule has 0 rings (SSSR count). The van der Waals surface area contributed by atoms with Crippen molar-refractivity contribution in [2.45, 2.75) is 6.92 Å². The normalized spacial score (nSPS) is 12.9. The molecule has 0 aromatic heterocycles. The summed E-state index contributed by atoms with van der Waals surface area (Å²) in [6, 6.07) is 0. The Labute approximate surface area is 53.8 Å². The Morgan fingerprint density at radius 2 is 2.38 bits per heavy atom. The molecule has 0 aliphatic rings. The summed E-state index contributed by atoms with van der Waals surface area (Å²) in [5.41, 5.74) is 0. The molecule has 0 amide bonds. The number of carbonyl (C=O) groups excluding carboxylic acids is 1. The number of esters is 1. The number of hydrogen-bond acceptors (Lipinski definition) is 2. The minimum atomic E-state index is -0.250. The van der Waals surface area contributed by atoms with Gasteiger partial charge < -0.3 is 4.74 Å². The summed E-state index contributed by atoms with van der Waals surface area (Å²) in [7, 11) is 1.35. The van der Waals surface area contributed by atoms with Gasteiger partial charge in [0.15, 0.2) is 0 Å². The lowest BCUT2D eigenvalue weighted by Crippen LogP contribution is -2.13. The van der Waals surface area contributed by atoms with Crippen molar-refractivity contribution in [2.24, 2.45) is 5.92 Å². The fourth-order valence-electron chi connectivity index (χ4n) is 0.264. The van der Waals surface area contributed by atoms with Crippen molar-refractivity contribution in [3.63, 3.8) is 0 Å². The third-order valence-corrected chi connectivity index (χ3v) is 1.30. The number of alkyl halides is 1. The van der Waals surface area contributed by atoms with Crippen molar-refractivity contribution in [2.75, 3.05) is 13.0 Å². The summed E-state index contributed by atoms with van der Waals surface area (Å²) in [5, 5.41) is 0. The Bertz CT molecular complexity index is 82.5. The average molecular weight is 137 g/mol. The van der Waals surface area contributed by atoms with Gasteiger partial charge in [0.05, 0.1) is 13.0 Å². The third-order valence-electron chi connectivity index (χ3n) is 0.835. The van der Waals surface area contributed by atoms with Crippen LogP contribution in [0.2, 0.25) is 0 Å². The quantitative estimate of drug-likeness (QED) is 0.419. The predicted molar refractivity (Wildman–Crippen MR) is 31.9 cm³/mol. The molecule has 8 heavy (non-hydrogen) atoms. The van der Waals surface area contributed by atoms with E-state index in [1.165, 1.54) is 7.11 Å². The van der Waals surface area contributed by atoms with Gasteiger partial charge in [-0.1, -0.05) is 6.92 Å². The van der Waals surface area contributed by atoms with Gasteiger partial charge in [-0.2, -0.15) is 0 Å². The van der Waals surface area contributed by atoms with Gasteiger partial charge in [0.2, 0.25) is 0 Å². The van der Waals surface area contributed by atoms with Crippen molar-refractivity contribution >= 4 is 17.6 Å². The van der Waals surface area contributed by atoms with E-state index < -0.39 is 0 Å². The number of carbonyl (C=O) groups is 1. The fraction of sp³-hybridized carbons (Fsp3) is 0.800. The van der Waals surface area contributed by atoms with Crippen LogP contribution in [0.5, 0.6) is 0 Å². The van der Waals surface area contributed by atoms with E-state index in [1.807, 2.05) is 0 Å². The standard InChI is InChI=1S/C5H9ClO2/c1-4(3-6)5(7)8-2/h4H,3H2,1-2H3/t4-/m1/s1.